The monoisotopic (exact) mass is 456 g/mol. The second-order valence-electron chi connectivity index (χ2n) is 10.1. The van der Waals surface area contributed by atoms with Crippen LogP contribution in [0.5, 0.6) is 0 Å². The van der Waals surface area contributed by atoms with Crippen molar-refractivity contribution in [3.8, 4) is 0 Å². The van der Waals surface area contributed by atoms with Crippen LogP contribution in [0.4, 0.5) is 0 Å². The van der Waals surface area contributed by atoms with Gasteiger partial charge in [0.25, 0.3) is 0 Å². The maximum atomic E-state index is 10.1. The summed E-state index contributed by atoms with van der Waals surface area (Å²) in [5.41, 5.74) is -2.50. The first-order valence-electron chi connectivity index (χ1n) is 10.9. The molecule has 0 radical (unpaired) electrons. The Hall–Kier alpha value is 0.620. The van der Waals surface area contributed by atoms with E-state index in [4.69, 9.17) is 9.05 Å². The van der Waals surface area contributed by atoms with Crippen molar-refractivity contribution in [2.75, 3.05) is 6.61 Å². The van der Waals surface area contributed by atoms with Gasteiger partial charge in [-0.1, -0.05) is 93.9 Å². The minimum atomic E-state index is -2.62. The van der Waals surface area contributed by atoms with E-state index in [-0.39, 0.29) is 6.61 Å². The quantitative estimate of drug-likeness (QED) is 0.158. The summed E-state index contributed by atoms with van der Waals surface area (Å²) >= 11 is 0. The molecular weight excluding hydrogens is 410 g/mol. The Bertz CT molecular complexity index is 430. The van der Waals surface area contributed by atoms with E-state index in [1.54, 1.807) is 0 Å². The molecule has 0 aromatic rings. The smallest absolute Gasteiger partial charge is 0.327 e. The molecule has 0 aliphatic heterocycles. The summed E-state index contributed by atoms with van der Waals surface area (Å²) < 4.78 is 11.4. The molecule has 8 heteroatoms. The molecule has 0 aliphatic rings. The molecule has 4 N–H and O–H groups in total. The molecule has 0 aliphatic carbocycles. The van der Waals surface area contributed by atoms with E-state index in [0.717, 1.165) is 51.4 Å². The first-order chi connectivity index (χ1) is 13.2. The van der Waals surface area contributed by atoms with Crippen LogP contribution in [0.25, 0.3) is 0 Å². The highest BCUT2D eigenvalue weighted by Gasteiger charge is 2.64. The maximum absolute atomic E-state index is 10.1. The highest BCUT2D eigenvalue weighted by molar-refractivity contribution is 7.39. The molecule has 0 unspecified atom stereocenters. The van der Waals surface area contributed by atoms with Gasteiger partial charge in [-0.25, -0.2) is 0 Å². The van der Waals surface area contributed by atoms with Crippen LogP contribution in [0.1, 0.15) is 107 Å². The second-order valence-corrected chi connectivity index (χ2v) is 11.6. The van der Waals surface area contributed by atoms with Gasteiger partial charge in [0.05, 0.1) is 12.2 Å². The summed E-state index contributed by atoms with van der Waals surface area (Å²) in [5, 5.41) is 0. The van der Waals surface area contributed by atoms with Crippen LogP contribution in [0.3, 0.4) is 0 Å². The molecule has 0 saturated heterocycles. The third kappa shape index (κ3) is 7.91. The average molecular weight is 457 g/mol. The molecule has 6 nitrogen and oxygen atoms in total. The molecule has 0 aromatic carbocycles. The van der Waals surface area contributed by atoms with Gasteiger partial charge in [0.2, 0.25) is 0 Å². The van der Waals surface area contributed by atoms with E-state index in [1.807, 2.05) is 13.8 Å². The van der Waals surface area contributed by atoms with Crippen molar-refractivity contribution in [3.05, 3.63) is 0 Å². The fourth-order valence-electron chi connectivity index (χ4n) is 5.55. The zero-order chi connectivity index (χ0) is 22.9. The van der Waals surface area contributed by atoms with E-state index < -0.39 is 39.1 Å². The van der Waals surface area contributed by atoms with Crippen molar-refractivity contribution in [3.63, 3.8) is 0 Å². The van der Waals surface area contributed by atoms with Gasteiger partial charge in [-0.3, -0.25) is 0 Å². The molecule has 0 spiro atoms. The van der Waals surface area contributed by atoms with Gasteiger partial charge < -0.3 is 28.6 Å². The summed E-state index contributed by atoms with van der Waals surface area (Å²) in [6.07, 6.45) is 8.13. The average Bonchev–Trinajstić information content (AvgIpc) is 2.57. The SMILES string of the molecule is CCCCCC(C)(C)C(OP(O)O)(C(C)(C)CCCCC)C(C)(C)COP(O)O. The zero-order valence-corrected chi connectivity index (χ0v) is 21.7. The lowest BCUT2D eigenvalue weighted by Gasteiger charge is -2.62. The normalized spacial score (nSPS) is 14.3. The third-order valence-corrected chi connectivity index (χ3v) is 7.23. The molecule has 0 fully saturated rings. The molecule has 0 bridgehead atoms. The summed E-state index contributed by atoms with van der Waals surface area (Å²) in [6.45, 7) is 16.8. The minimum Gasteiger partial charge on any atom is -0.328 e. The Labute approximate surface area is 181 Å². The Morgan fingerprint density at radius 3 is 1.34 bits per heavy atom. The van der Waals surface area contributed by atoms with Crippen LogP contribution >= 0.6 is 17.2 Å². The Kier molecular flexibility index (Phi) is 12.9. The van der Waals surface area contributed by atoms with Crippen molar-refractivity contribution < 1.29 is 28.6 Å². The fraction of sp³-hybridized carbons (Fsp3) is 1.00. The lowest BCUT2D eigenvalue weighted by atomic mass is 9.49. The number of rotatable bonds is 16. The Balaban J connectivity index is 6.41. The first-order valence-corrected chi connectivity index (χ1v) is 13.2. The molecule has 0 amide bonds. The van der Waals surface area contributed by atoms with Crippen molar-refractivity contribution in [2.45, 2.75) is 112 Å². The van der Waals surface area contributed by atoms with E-state index in [2.05, 4.69) is 41.5 Å². The van der Waals surface area contributed by atoms with Gasteiger partial charge in [-0.05, 0) is 23.7 Å². The molecule has 0 aromatic heterocycles. The van der Waals surface area contributed by atoms with Gasteiger partial charge in [0, 0.05) is 5.41 Å². The van der Waals surface area contributed by atoms with Crippen LogP contribution in [-0.2, 0) is 9.05 Å². The predicted octanol–water partition coefficient (Wildman–Crippen LogP) is 6.42. The second kappa shape index (κ2) is 12.6. The van der Waals surface area contributed by atoms with Crippen LogP contribution in [0, 0.1) is 16.2 Å². The van der Waals surface area contributed by atoms with Gasteiger partial charge in [0.1, 0.15) is 0 Å². The van der Waals surface area contributed by atoms with E-state index in [0.29, 0.717) is 0 Å². The maximum Gasteiger partial charge on any atom is 0.327 e. The van der Waals surface area contributed by atoms with Crippen molar-refractivity contribution in [1.29, 1.82) is 0 Å². The van der Waals surface area contributed by atoms with E-state index >= 15 is 0 Å². The van der Waals surface area contributed by atoms with Gasteiger partial charge in [-0.2, -0.15) is 0 Å². The summed E-state index contributed by atoms with van der Waals surface area (Å²) in [6, 6.07) is 0. The third-order valence-electron chi connectivity index (χ3n) is 6.43. The molecule has 29 heavy (non-hydrogen) atoms. The molecule has 0 rings (SSSR count). The van der Waals surface area contributed by atoms with Crippen molar-refractivity contribution in [2.24, 2.45) is 16.2 Å². The summed E-state index contributed by atoms with van der Waals surface area (Å²) in [4.78, 5) is 38.9. The molecule has 176 valence electrons. The van der Waals surface area contributed by atoms with Crippen LogP contribution < -0.4 is 0 Å². The first kappa shape index (κ1) is 29.6. The van der Waals surface area contributed by atoms with E-state index in [1.165, 1.54) is 0 Å². The van der Waals surface area contributed by atoms with Gasteiger partial charge >= 0.3 is 17.2 Å². The molecule has 0 heterocycles. The zero-order valence-electron chi connectivity index (χ0n) is 19.9. The van der Waals surface area contributed by atoms with Crippen molar-refractivity contribution >= 4 is 17.2 Å². The predicted molar refractivity (Wildman–Crippen MR) is 122 cm³/mol. The standard InChI is InChI=1S/C21H46O6P2/c1-9-11-13-15-18(3,4)21(27-29(24)25,19(5,6)16-14-12-10-2)20(7,8)17-26-28(22)23/h22-25H,9-17H2,1-8H3. The van der Waals surface area contributed by atoms with Gasteiger partial charge in [-0.15, -0.1) is 0 Å². The number of unbranched alkanes of at least 4 members (excludes halogenated alkanes) is 4. The van der Waals surface area contributed by atoms with Crippen molar-refractivity contribution in [1.82, 2.24) is 0 Å². The largest absolute Gasteiger partial charge is 0.328 e. The highest BCUT2D eigenvalue weighted by Crippen LogP contribution is 2.64. The summed E-state index contributed by atoms with van der Waals surface area (Å²) in [7, 11) is -5.13. The summed E-state index contributed by atoms with van der Waals surface area (Å²) in [5.74, 6) is 0. The lowest BCUT2D eigenvalue weighted by molar-refractivity contribution is -0.217. The molecule has 0 saturated carbocycles. The fourth-order valence-corrected chi connectivity index (χ4v) is 6.97. The Morgan fingerprint density at radius 1 is 0.621 bits per heavy atom. The van der Waals surface area contributed by atoms with Crippen LogP contribution in [0.2, 0.25) is 0 Å². The molecule has 0 atom stereocenters. The minimum absolute atomic E-state index is 0.0449. The molecular formula is C21H46O6P2. The number of hydrogen-bond donors (Lipinski definition) is 4. The lowest BCUT2D eigenvalue weighted by Crippen LogP contribution is -2.66. The van der Waals surface area contributed by atoms with Crippen LogP contribution in [-0.4, -0.2) is 31.8 Å². The van der Waals surface area contributed by atoms with E-state index in [9.17, 15) is 19.6 Å². The highest BCUT2D eigenvalue weighted by atomic mass is 31.2. The van der Waals surface area contributed by atoms with Crippen LogP contribution in [0.15, 0.2) is 0 Å². The van der Waals surface area contributed by atoms with Gasteiger partial charge in [0.15, 0.2) is 0 Å². The topological polar surface area (TPSA) is 99.4 Å². The number of hydrogen-bond acceptors (Lipinski definition) is 6. The Morgan fingerprint density at radius 2 is 1.03 bits per heavy atom.